The SMILES string of the molecule is COC(C)(C)CC1(CN)CCCCC1. The zero-order valence-electron chi connectivity index (χ0n) is 9.94. The third-order valence-corrected chi connectivity index (χ3v) is 3.70. The van der Waals surface area contributed by atoms with E-state index in [9.17, 15) is 0 Å². The molecule has 84 valence electrons. The predicted octanol–water partition coefficient (Wildman–Crippen LogP) is 2.71. The molecule has 0 unspecified atom stereocenters. The number of methoxy groups -OCH3 is 1. The molecule has 2 nitrogen and oxygen atoms in total. The van der Waals surface area contributed by atoms with Crippen LogP contribution in [0.15, 0.2) is 0 Å². The van der Waals surface area contributed by atoms with E-state index >= 15 is 0 Å². The Hall–Kier alpha value is -0.0800. The Morgan fingerprint density at radius 2 is 1.79 bits per heavy atom. The Balaban J connectivity index is 2.60. The molecule has 0 bridgehead atoms. The van der Waals surface area contributed by atoms with Crippen LogP contribution in [-0.2, 0) is 4.74 Å². The van der Waals surface area contributed by atoms with Crippen molar-refractivity contribution in [2.45, 2.75) is 58.0 Å². The minimum absolute atomic E-state index is 0.0172. The van der Waals surface area contributed by atoms with Crippen LogP contribution in [0.2, 0.25) is 0 Å². The van der Waals surface area contributed by atoms with Crippen LogP contribution in [0.4, 0.5) is 0 Å². The third-order valence-electron chi connectivity index (χ3n) is 3.70. The summed E-state index contributed by atoms with van der Waals surface area (Å²) in [5.74, 6) is 0. The number of rotatable bonds is 4. The lowest BCUT2D eigenvalue weighted by Crippen LogP contribution is -2.40. The number of hydrogen-bond acceptors (Lipinski definition) is 2. The van der Waals surface area contributed by atoms with E-state index in [0.717, 1.165) is 13.0 Å². The summed E-state index contributed by atoms with van der Waals surface area (Å²) in [5, 5.41) is 0. The quantitative estimate of drug-likeness (QED) is 0.755. The molecule has 1 aliphatic rings. The molecule has 2 N–H and O–H groups in total. The van der Waals surface area contributed by atoms with Crippen LogP contribution in [-0.4, -0.2) is 19.3 Å². The summed E-state index contributed by atoms with van der Waals surface area (Å²) in [6.07, 6.45) is 7.75. The van der Waals surface area contributed by atoms with Crippen LogP contribution in [0.1, 0.15) is 52.4 Å². The molecule has 1 saturated carbocycles. The second kappa shape index (κ2) is 4.63. The maximum absolute atomic E-state index is 5.94. The molecule has 1 aliphatic carbocycles. The first-order valence-corrected chi connectivity index (χ1v) is 5.79. The van der Waals surface area contributed by atoms with Gasteiger partial charge in [-0.25, -0.2) is 0 Å². The van der Waals surface area contributed by atoms with Gasteiger partial charge >= 0.3 is 0 Å². The van der Waals surface area contributed by atoms with Gasteiger partial charge in [-0.05, 0) is 45.1 Å². The molecule has 0 aliphatic heterocycles. The molecule has 0 atom stereocenters. The van der Waals surface area contributed by atoms with E-state index in [1.165, 1.54) is 32.1 Å². The van der Waals surface area contributed by atoms with Gasteiger partial charge in [0.15, 0.2) is 0 Å². The molecule has 0 saturated heterocycles. The Labute approximate surface area is 88.2 Å². The maximum Gasteiger partial charge on any atom is 0.0628 e. The van der Waals surface area contributed by atoms with Crippen molar-refractivity contribution in [3.05, 3.63) is 0 Å². The average Bonchev–Trinajstić information content (AvgIpc) is 2.19. The highest BCUT2D eigenvalue weighted by atomic mass is 16.5. The van der Waals surface area contributed by atoms with Gasteiger partial charge in [0.1, 0.15) is 0 Å². The monoisotopic (exact) mass is 199 g/mol. The highest BCUT2D eigenvalue weighted by Gasteiger charge is 2.36. The van der Waals surface area contributed by atoms with Gasteiger partial charge < -0.3 is 10.5 Å². The summed E-state index contributed by atoms with van der Waals surface area (Å²) >= 11 is 0. The molecule has 0 amide bonds. The van der Waals surface area contributed by atoms with Gasteiger partial charge in [0.05, 0.1) is 5.60 Å². The Kier molecular flexibility index (Phi) is 3.96. The van der Waals surface area contributed by atoms with E-state index in [4.69, 9.17) is 10.5 Å². The smallest absolute Gasteiger partial charge is 0.0628 e. The molecule has 14 heavy (non-hydrogen) atoms. The van der Waals surface area contributed by atoms with Crippen LogP contribution in [0, 0.1) is 5.41 Å². The van der Waals surface area contributed by atoms with Crippen LogP contribution in [0.3, 0.4) is 0 Å². The van der Waals surface area contributed by atoms with Crippen LogP contribution in [0.25, 0.3) is 0 Å². The van der Waals surface area contributed by atoms with Gasteiger partial charge in [-0.1, -0.05) is 19.3 Å². The van der Waals surface area contributed by atoms with Gasteiger partial charge in [0, 0.05) is 7.11 Å². The van der Waals surface area contributed by atoms with E-state index in [0.29, 0.717) is 5.41 Å². The molecule has 0 aromatic carbocycles. The number of nitrogens with two attached hydrogens (primary N) is 1. The minimum Gasteiger partial charge on any atom is -0.379 e. The summed E-state index contributed by atoms with van der Waals surface area (Å²) < 4.78 is 5.51. The summed E-state index contributed by atoms with van der Waals surface area (Å²) in [4.78, 5) is 0. The van der Waals surface area contributed by atoms with E-state index in [1.807, 2.05) is 0 Å². The van der Waals surface area contributed by atoms with Crippen molar-refractivity contribution >= 4 is 0 Å². The van der Waals surface area contributed by atoms with Gasteiger partial charge in [0.25, 0.3) is 0 Å². The summed E-state index contributed by atoms with van der Waals surface area (Å²) in [5.41, 5.74) is 6.29. The van der Waals surface area contributed by atoms with E-state index in [2.05, 4.69) is 13.8 Å². The largest absolute Gasteiger partial charge is 0.379 e. The van der Waals surface area contributed by atoms with Crippen molar-refractivity contribution < 1.29 is 4.74 Å². The first kappa shape index (κ1) is 12.0. The zero-order valence-corrected chi connectivity index (χ0v) is 9.94. The molecule has 0 spiro atoms. The van der Waals surface area contributed by atoms with E-state index in [-0.39, 0.29) is 5.60 Å². The third kappa shape index (κ3) is 2.96. The van der Waals surface area contributed by atoms with E-state index < -0.39 is 0 Å². The fourth-order valence-electron chi connectivity index (χ4n) is 2.73. The van der Waals surface area contributed by atoms with E-state index in [1.54, 1.807) is 7.11 Å². The van der Waals surface area contributed by atoms with Crippen molar-refractivity contribution in [3.63, 3.8) is 0 Å². The van der Waals surface area contributed by atoms with Crippen LogP contribution >= 0.6 is 0 Å². The van der Waals surface area contributed by atoms with Crippen molar-refractivity contribution in [1.82, 2.24) is 0 Å². The molecule has 1 rings (SSSR count). The van der Waals surface area contributed by atoms with Gasteiger partial charge in [-0.2, -0.15) is 0 Å². The second-order valence-electron chi connectivity index (χ2n) is 5.41. The average molecular weight is 199 g/mol. The van der Waals surface area contributed by atoms with Crippen molar-refractivity contribution in [2.24, 2.45) is 11.1 Å². The minimum atomic E-state index is -0.0172. The number of hydrogen-bond donors (Lipinski definition) is 1. The normalized spacial score (nSPS) is 22.3. The first-order chi connectivity index (χ1) is 6.54. The zero-order chi connectivity index (χ0) is 10.7. The van der Waals surface area contributed by atoms with Crippen molar-refractivity contribution in [2.75, 3.05) is 13.7 Å². The maximum atomic E-state index is 5.94. The molecule has 0 radical (unpaired) electrons. The molecular weight excluding hydrogens is 174 g/mol. The predicted molar refractivity (Wildman–Crippen MR) is 60.3 cm³/mol. The van der Waals surface area contributed by atoms with Crippen molar-refractivity contribution in [1.29, 1.82) is 0 Å². The second-order valence-corrected chi connectivity index (χ2v) is 5.41. The summed E-state index contributed by atoms with van der Waals surface area (Å²) in [6.45, 7) is 5.15. The molecular formula is C12H25NO. The first-order valence-electron chi connectivity index (χ1n) is 5.79. The lowest BCUT2D eigenvalue weighted by Gasteiger charge is -2.41. The van der Waals surface area contributed by atoms with Crippen molar-refractivity contribution in [3.8, 4) is 0 Å². The standard InChI is InChI=1S/C12H25NO/c1-11(2,14-3)9-12(10-13)7-5-4-6-8-12/h4-10,13H2,1-3H3. The van der Waals surface area contributed by atoms with Gasteiger partial charge in [-0.3, -0.25) is 0 Å². The molecule has 2 heteroatoms. The van der Waals surface area contributed by atoms with Crippen LogP contribution in [0.5, 0.6) is 0 Å². The highest BCUT2D eigenvalue weighted by molar-refractivity contribution is 4.89. The fraction of sp³-hybridized carbons (Fsp3) is 1.00. The molecule has 0 aromatic heterocycles. The lowest BCUT2D eigenvalue weighted by atomic mass is 9.68. The number of ether oxygens (including phenoxy) is 1. The summed E-state index contributed by atoms with van der Waals surface area (Å²) in [7, 11) is 1.80. The topological polar surface area (TPSA) is 35.2 Å². The fourth-order valence-corrected chi connectivity index (χ4v) is 2.73. The van der Waals surface area contributed by atoms with Gasteiger partial charge in [-0.15, -0.1) is 0 Å². The lowest BCUT2D eigenvalue weighted by molar-refractivity contribution is -0.0281. The van der Waals surface area contributed by atoms with Crippen LogP contribution < -0.4 is 5.73 Å². The highest BCUT2D eigenvalue weighted by Crippen LogP contribution is 2.42. The summed E-state index contributed by atoms with van der Waals surface area (Å²) in [6, 6.07) is 0. The Bertz CT molecular complexity index is 171. The Morgan fingerprint density at radius 1 is 1.21 bits per heavy atom. The molecule has 0 aromatic rings. The molecule has 0 heterocycles. The Morgan fingerprint density at radius 3 is 2.21 bits per heavy atom. The molecule has 1 fully saturated rings. The van der Waals surface area contributed by atoms with Gasteiger partial charge in [0.2, 0.25) is 0 Å².